The summed E-state index contributed by atoms with van der Waals surface area (Å²) in [5.41, 5.74) is -6.40. The van der Waals surface area contributed by atoms with Crippen molar-refractivity contribution >= 4 is 0 Å². The Morgan fingerprint density at radius 3 is 1.16 bits per heavy atom. The summed E-state index contributed by atoms with van der Waals surface area (Å²) in [6.07, 6.45) is -17.8. The number of hydrogen-bond donors (Lipinski definition) is 2. The van der Waals surface area contributed by atoms with Crippen molar-refractivity contribution in [2.24, 2.45) is 0 Å². The van der Waals surface area contributed by atoms with E-state index in [1.165, 1.54) is 0 Å². The van der Waals surface area contributed by atoms with Crippen molar-refractivity contribution in [1.82, 2.24) is 10.6 Å². The van der Waals surface area contributed by atoms with E-state index in [2.05, 4.69) is 10.6 Å². The van der Waals surface area contributed by atoms with Crippen LogP contribution in [0, 0.1) is 0 Å². The van der Waals surface area contributed by atoms with Crippen LogP contribution < -0.4 is 10.6 Å². The fraction of sp³-hybridized carbons (Fsp3) is 0.500. The Bertz CT molecular complexity index is 1010. The molecule has 0 aromatic heterocycles. The van der Waals surface area contributed by atoms with E-state index >= 15 is 0 Å². The molecule has 0 aliphatic heterocycles. The van der Waals surface area contributed by atoms with E-state index in [1.54, 1.807) is 0 Å². The van der Waals surface area contributed by atoms with Crippen LogP contribution >= 0.6 is 0 Å². The van der Waals surface area contributed by atoms with Gasteiger partial charge in [-0.2, -0.15) is 52.7 Å². The first-order valence-corrected chi connectivity index (χ1v) is 11.4. The third-order valence-electron chi connectivity index (χ3n) is 6.35. The van der Waals surface area contributed by atoms with E-state index in [-0.39, 0.29) is 0 Å². The van der Waals surface area contributed by atoms with Gasteiger partial charge < -0.3 is 10.6 Å². The zero-order chi connectivity index (χ0) is 28.5. The molecule has 2 unspecified atom stereocenters. The highest BCUT2D eigenvalue weighted by atomic mass is 19.4. The Kier molecular flexibility index (Phi) is 8.66. The Hall–Kier alpha value is -2.48. The fourth-order valence-electron chi connectivity index (χ4n) is 4.49. The lowest BCUT2D eigenvalue weighted by Crippen LogP contribution is -2.49. The third kappa shape index (κ3) is 7.55. The monoisotopic (exact) mass is 566 g/mol. The molecule has 38 heavy (non-hydrogen) atoms. The molecule has 14 heteroatoms. The van der Waals surface area contributed by atoms with Crippen molar-refractivity contribution in [3.8, 4) is 0 Å². The van der Waals surface area contributed by atoms with Gasteiger partial charge in [-0.25, -0.2) is 0 Å². The first-order valence-electron chi connectivity index (χ1n) is 11.4. The van der Waals surface area contributed by atoms with Gasteiger partial charge in [-0.05, 0) is 60.4 Å². The highest BCUT2D eigenvalue weighted by molar-refractivity contribution is 5.36. The van der Waals surface area contributed by atoms with Crippen molar-refractivity contribution < 1.29 is 52.7 Å². The molecule has 1 aliphatic rings. The van der Waals surface area contributed by atoms with Gasteiger partial charge in [0.2, 0.25) is 0 Å². The molecule has 1 fully saturated rings. The predicted octanol–water partition coefficient (Wildman–Crippen LogP) is 7.95. The average molecular weight is 566 g/mol. The van der Waals surface area contributed by atoms with Gasteiger partial charge in [0.15, 0.2) is 0 Å². The number of benzene rings is 2. The Morgan fingerprint density at radius 1 is 0.526 bits per heavy atom. The minimum Gasteiger partial charge on any atom is -0.308 e. The molecule has 2 N–H and O–H groups in total. The van der Waals surface area contributed by atoms with Gasteiger partial charge in [0.1, 0.15) is 0 Å². The molecule has 2 aromatic rings. The molecular weight excluding hydrogens is 544 g/mol. The van der Waals surface area contributed by atoms with Crippen molar-refractivity contribution in [1.29, 1.82) is 0 Å². The lowest BCUT2D eigenvalue weighted by Gasteiger charge is -2.34. The molecular formula is C24H22F12N2. The summed E-state index contributed by atoms with van der Waals surface area (Å²) in [5, 5.41) is 5.53. The minimum atomic E-state index is -4.93. The van der Waals surface area contributed by atoms with Crippen LogP contribution in [0.5, 0.6) is 0 Å². The van der Waals surface area contributed by atoms with Crippen LogP contribution in [-0.2, 0) is 37.8 Å². The van der Waals surface area contributed by atoms with Gasteiger partial charge in [0.05, 0.1) is 22.3 Å². The smallest absolute Gasteiger partial charge is 0.308 e. The van der Waals surface area contributed by atoms with Crippen LogP contribution in [-0.4, -0.2) is 12.1 Å². The quantitative estimate of drug-likeness (QED) is 0.347. The maximum Gasteiger partial charge on any atom is 0.416 e. The summed E-state index contributed by atoms with van der Waals surface area (Å²) in [6, 6.07) is 0.790. The van der Waals surface area contributed by atoms with E-state index < -0.39 is 83.3 Å². The zero-order valence-corrected chi connectivity index (χ0v) is 19.4. The SMILES string of the molecule is FC(F)(F)c1ccc(C(F)(F)F)c(CNC2CCCCC2NCc2cc(C(F)(F)F)ccc2C(F)(F)F)c1. The summed E-state index contributed by atoms with van der Waals surface area (Å²) in [5.74, 6) is 0. The number of hydrogen-bond acceptors (Lipinski definition) is 2. The molecule has 2 atom stereocenters. The third-order valence-corrected chi connectivity index (χ3v) is 6.35. The summed E-state index contributed by atoms with van der Waals surface area (Å²) in [7, 11) is 0. The second-order valence-electron chi connectivity index (χ2n) is 8.99. The van der Waals surface area contributed by atoms with E-state index in [0.717, 1.165) is 0 Å². The second-order valence-corrected chi connectivity index (χ2v) is 8.99. The summed E-state index contributed by atoms with van der Waals surface area (Å²) < 4.78 is 159. The summed E-state index contributed by atoms with van der Waals surface area (Å²) in [6.45, 7) is -1.22. The van der Waals surface area contributed by atoms with Gasteiger partial charge in [-0.15, -0.1) is 0 Å². The Morgan fingerprint density at radius 2 is 0.868 bits per heavy atom. The Balaban J connectivity index is 1.80. The predicted molar refractivity (Wildman–Crippen MR) is 113 cm³/mol. The lowest BCUT2D eigenvalue weighted by atomic mass is 9.89. The van der Waals surface area contributed by atoms with E-state index in [4.69, 9.17) is 0 Å². The van der Waals surface area contributed by atoms with E-state index in [0.29, 0.717) is 62.1 Å². The van der Waals surface area contributed by atoms with Crippen molar-refractivity contribution in [3.63, 3.8) is 0 Å². The van der Waals surface area contributed by atoms with Gasteiger partial charge in [0, 0.05) is 25.2 Å². The zero-order valence-electron chi connectivity index (χ0n) is 19.4. The summed E-state index contributed by atoms with van der Waals surface area (Å²) in [4.78, 5) is 0. The van der Waals surface area contributed by atoms with Crippen LogP contribution in [0.3, 0.4) is 0 Å². The number of alkyl halides is 12. The Labute approximate surface area is 209 Å². The first kappa shape index (κ1) is 30.1. The molecule has 0 radical (unpaired) electrons. The largest absolute Gasteiger partial charge is 0.416 e. The molecule has 3 rings (SSSR count). The molecule has 0 saturated heterocycles. The van der Waals surface area contributed by atoms with Crippen LogP contribution in [0.4, 0.5) is 52.7 Å². The first-order chi connectivity index (χ1) is 17.4. The van der Waals surface area contributed by atoms with Crippen molar-refractivity contribution in [3.05, 3.63) is 69.8 Å². The average Bonchev–Trinajstić information content (AvgIpc) is 2.79. The van der Waals surface area contributed by atoms with Crippen LogP contribution in [0.1, 0.15) is 59.1 Å². The van der Waals surface area contributed by atoms with Crippen LogP contribution in [0.25, 0.3) is 0 Å². The summed E-state index contributed by atoms with van der Waals surface area (Å²) >= 11 is 0. The molecule has 0 spiro atoms. The standard InChI is InChI=1S/C24H22F12N2/c25-21(26,27)15-5-7-17(23(31,32)33)13(9-15)11-37-19-3-1-2-4-20(19)38-12-14-10-16(22(28,29)30)6-8-18(14)24(34,35)36/h5-10,19-20,37-38H,1-4,11-12H2. The van der Waals surface area contributed by atoms with Crippen molar-refractivity contribution in [2.75, 3.05) is 0 Å². The molecule has 0 amide bonds. The molecule has 1 saturated carbocycles. The molecule has 212 valence electrons. The highest BCUT2D eigenvalue weighted by Crippen LogP contribution is 2.38. The topological polar surface area (TPSA) is 24.1 Å². The maximum atomic E-state index is 13.4. The van der Waals surface area contributed by atoms with E-state index in [1.807, 2.05) is 0 Å². The molecule has 0 heterocycles. The number of rotatable bonds is 6. The molecule has 2 aromatic carbocycles. The number of halogens is 12. The fourth-order valence-corrected chi connectivity index (χ4v) is 4.49. The van der Waals surface area contributed by atoms with Gasteiger partial charge >= 0.3 is 24.7 Å². The molecule has 0 bridgehead atoms. The van der Waals surface area contributed by atoms with Gasteiger partial charge in [0.25, 0.3) is 0 Å². The molecule has 1 aliphatic carbocycles. The molecule has 2 nitrogen and oxygen atoms in total. The number of nitrogens with one attached hydrogen (secondary N) is 2. The van der Waals surface area contributed by atoms with Crippen LogP contribution in [0.15, 0.2) is 36.4 Å². The second kappa shape index (κ2) is 10.9. The normalized spacial score (nSPS) is 19.6. The lowest BCUT2D eigenvalue weighted by molar-refractivity contribution is -0.142. The highest BCUT2D eigenvalue weighted by Gasteiger charge is 2.39. The van der Waals surface area contributed by atoms with Gasteiger partial charge in [-0.3, -0.25) is 0 Å². The minimum absolute atomic E-state index is 0.324. The van der Waals surface area contributed by atoms with E-state index in [9.17, 15) is 52.7 Å². The van der Waals surface area contributed by atoms with Gasteiger partial charge in [-0.1, -0.05) is 12.8 Å². The maximum absolute atomic E-state index is 13.4. The van der Waals surface area contributed by atoms with Crippen LogP contribution in [0.2, 0.25) is 0 Å². The van der Waals surface area contributed by atoms with Crippen molar-refractivity contribution in [2.45, 2.75) is 75.6 Å².